The number of nitrogens with zero attached hydrogens (tertiary/aromatic N) is 6. The average Bonchev–Trinajstić information content (AvgIpc) is 3.21. The number of hydrogen-bond donors (Lipinski definition) is 1. The lowest BCUT2D eigenvalue weighted by molar-refractivity contribution is 0.577. The third kappa shape index (κ3) is 4.95. The summed E-state index contributed by atoms with van der Waals surface area (Å²) in [4.78, 5) is 9.24. The highest BCUT2D eigenvalue weighted by Gasteiger charge is 2.18. The molecule has 0 saturated carbocycles. The lowest BCUT2D eigenvalue weighted by Crippen LogP contribution is -2.04. The van der Waals surface area contributed by atoms with Crippen LogP contribution >= 0.6 is 52.2 Å². The number of rotatable bonds is 7. The standard InChI is InChI=1S/C21H24ClIN7OPS/c1-11-19(12(2)29(6)27-11)14-7-8-15(17(9-14)31-33-28(4)5)25-16-10-18(22)26-21-20(16)24-13(3)30(21)32-23/h7-10,32H,1-6H3,(H,25,26). The number of imidazole rings is 1. The molecule has 3 heterocycles. The predicted molar refractivity (Wildman–Crippen MR) is 148 cm³/mol. The van der Waals surface area contributed by atoms with Crippen LogP contribution in [0.3, 0.4) is 0 Å². The molecule has 0 aliphatic rings. The molecule has 4 rings (SSSR count). The van der Waals surface area contributed by atoms with Crippen molar-refractivity contribution in [2.24, 2.45) is 7.05 Å². The van der Waals surface area contributed by atoms with Crippen LogP contribution in [0.25, 0.3) is 22.3 Å². The van der Waals surface area contributed by atoms with Gasteiger partial charge in [0.1, 0.15) is 28.7 Å². The summed E-state index contributed by atoms with van der Waals surface area (Å²) >= 11 is 9.95. The number of aryl methyl sites for hydroxylation is 3. The van der Waals surface area contributed by atoms with Crippen molar-refractivity contribution in [3.05, 3.63) is 46.6 Å². The van der Waals surface area contributed by atoms with E-state index < -0.39 is 0 Å². The van der Waals surface area contributed by atoms with Crippen molar-refractivity contribution in [1.82, 2.24) is 28.4 Å². The van der Waals surface area contributed by atoms with Gasteiger partial charge in [-0.1, -0.05) is 17.7 Å². The Morgan fingerprint density at radius 2 is 1.91 bits per heavy atom. The van der Waals surface area contributed by atoms with E-state index in [0.29, 0.717) is 17.3 Å². The summed E-state index contributed by atoms with van der Waals surface area (Å²) in [6, 6.07) is 7.91. The quantitative estimate of drug-likeness (QED) is 0.0842. The van der Waals surface area contributed by atoms with Crippen LogP contribution in [-0.4, -0.2) is 42.5 Å². The van der Waals surface area contributed by atoms with E-state index in [1.54, 1.807) is 6.07 Å². The molecule has 0 aliphatic heterocycles. The van der Waals surface area contributed by atoms with Gasteiger partial charge in [0.2, 0.25) is 0 Å². The SMILES string of the molecule is Cc1nn(C)c(C)c1-c1ccc(Nc2cc(Cl)nc3c2nc(C)n3PI)c(OSN(C)C)c1. The molecule has 3 aromatic heterocycles. The molecule has 174 valence electrons. The Bertz CT molecular complexity index is 1340. The van der Waals surface area contributed by atoms with Crippen molar-refractivity contribution in [1.29, 1.82) is 0 Å². The van der Waals surface area contributed by atoms with E-state index in [2.05, 4.69) is 54.8 Å². The molecule has 0 spiro atoms. The molecule has 0 radical (unpaired) electrons. The molecule has 1 aromatic carbocycles. The van der Waals surface area contributed by atoms with Crippen LogP contribution < -0.4 is 9.50 Å². The van der Waals surface area contributed by atoms with Crippen LogP contribution in [0.15, 0.2) is 24.3 Å². The molecule has 8 nitrogen and oxygen atoms in total. The van der Waals surface area contributed by atoms with E-state index in [-0.39, 0.29) is 0 Å². The van der Waals surface area contributed by atoms with Gasteiger partial charge in [0.25, 0.3) is 0 Å². The minimum atomic E-state index is 0.407. The van der Waals surface area contributed by atoms with Crippen molar-refractivity contribution >= 4 is 74.8 Å². The van der Waals surface area contributed by atoms with Crippen molar-refractivity contribution in [3.63, 3.8) is 0 Å². The third-order valence-corrected chi connectivity index (χ3v) is 8.06. The maximum atomic E-state index is 6.37. The van der Waals surface area contributed by atoms with Gasteiger partial charge in [-0.25, -0.2) is 14.3 Å². The Kier molecular flexibility index (Phi) is 7.40. The van der Waals surface area contributed by atoms with Crippen LogP contribution in [0.2, 0.25) is 5.15 Å². The number of benzene rings is 1. The zero-order valence-corrected chi connectivity index (χ0v) is 23.8. The first kappa shape index (κ1) is 24.5. The molecule has 0 aliphatic carbocycles. The summed E-state index contributed by atoms with van der Waals surface area (Å²) in [5.74, 6) is 1.59. The van der Waals surface area contributed by atoms with E-state index in [4.69, 9.17) is 20.8 Å². The molecular formula is C21H24ClIN7OPS. The van der Waals surface area contributed by atoms with Crippen molar-refractivity contribution in [2.45, 2.75) is 20.8 Å². The number of pyridine rings is 1. The van der Waals surface area contributed by atoms with Gasteiger partial charge >= 0.3 is 0 Å². The highest BCUT2D eigenvalue weighted by Crippen LogP contribution is 2.39. The normalized spacial score (nSPS) is 11.9. The zero-order valence-electron chi connectivity index (χ0n) is 19.1. The fraction of sp³-hybridized carbons (Fsp3) is 0.286. The topological polar surface area (TPSA) is 73.0 Å². The summed E-state index contributed by atoms with van der Waals surface area (Å²) in [7, 11) is 5.82. The van der Waals surface area contributed by atoms with Gasteiger partial charge in [-0.05, 0) is 60.5 Å². The summed E-state index contributed by atoms with van der Waals surface area (Å²) in [5, 5.41) is 8.45. The van der Waals surface area contributed by atoms with Crippen molar-refractivity contribution in [3.8, 4) is 16.9 Å². The van der Waals surface area contributed by atoms with Gasteiger partial charge in [-0.2, -0.15) is 5.10 Å². The first-order valence-electron chi connectivity index (χ1n) is 10.1. The maximum absolute atomic E-state index is 6.37. The van der Waals surface area contributed by atoms with Gasteiger partial charge in [0.05, 0.1) is 23.4 Å². The molecular weight excluding hydrogens is 592 g/mol. The summed E-state index contributed by atoms with van der Waals surface area (Å²) in [6.07, 6.45) is 0.478. The Hall–Kier alpha value is -1.59. The van der Waals surface area contributed by atoms with Crippen molar-refractivity contribution in [2.75, 3.05) is 19.4 Å². The van der Waals surface area contributed by atoms with E-state index in [0.717, 1.165) is 50.9 Å². The highest BCUT2D eigenvalue weighted by molar-refractivity contribution is 14.2. The smallest absolute Gasteiger partial charge is 0.167 e. The Labute approximate surface area is 217 Å². The van der Waals surface area contributed by atoms with Gasteiger partial charge in [0.15, 0.2) is 11.4 Å². The molecule has 0 fully saturated rings. The van der Waals surface area contributed by atoms with E-state index in [1.807, 2.05) is 56.1 Å². The lowest BCUT2D eigenvalue weighted by atomic mass is 10.0. The molecule has 1 N–H and O–H groups in total. The number of nitrogens with one attached hydrogen (secondary N) is 1. The third-order valence-electron chi connectivity index (χ3n) is 5.16. The minimum absolute atomic E-state index is 0.407. The Balaban J connectivity index is 1.80. The second kappa shape index (κ2) is 9.95. The molecule has 0 bridgehead atoms. The monoisotopic (exact) mass is 615 g/mol. The van der Waals surface area contributed by atoms with Crippen LogP contribution in [0.5, 0.6) is 5.75 Å². The molecule has 12 heteroatoms. The number of hydrogen-bond acceptors (Lipinski definition) is 7. The molecule has 1 unspecified atom stereocenters. The van der Waals surface area contributed by atoms with Gasteiger partial charge in [-0.3, -0.25) is 9.02 Å². The fourth-order valence-corrected chi connectivity index (χ4v) is 6.32. The Morgan fingerprint density at radius 1 is 1.15 bits per heavy atom. The van der Waals surface area contributed by atoms with Crippen LogP contribution in [0, 0.1) is 20.8 Å². The summed E-state index contributed by atoms with van der Waals surface area (Å²) in [5.41, 5.74) is 7.35. The molecule has 33 heavy (non-hydrogen) atoms. The molecule has 4 aromatic rings. The van der Waals surface area contributed by atoms with E-state index >= 15 is 0 Å². The fourth-order valence-electron chi connectivity index (χ4n) is 3.62. The first-order chi connectivity index (χ1) is 15.7. The number of fused-ring (bicyclic) bond motifs is 1. The molecule has 0 amide bonds. The Morgan fingerprint density at radius 3 is 2.55 bits per heavy atom. The van der Waals surface area contributed by atoms with Crippen LogP contribution in [0.4, 0.5) is 11.4 Å². The summed E-state index contributed by atoms with van der Waals surface area (Å²) in [6.45, 7) is 6.06. The molecule has 1 atom stereocenters. The van der Waals surface area contributed by atoms with Gasteiger partial charge < -0.3 is 9.50 Å². The first-order valence-corrected chi connectivity index (χ1v) is 15.2. The molecule has 0 saturated heterocycles. The van der Waals surface area contributed by atoms with E-state index in [9.17, 15) is 0 Å². The number of halogens is 2. The largest absolute Gasteiger partial charge is 0.407 e. The second-order valence-corrected chi connectivity index (χ2v) is 11.2. The van der Waals surface area contributed by atoms with Gasteiger partial charge in [-0.15, -0.1) is 0 Å². The average molecular weight is 616 g/mol. The second-order valence-electron chi connectivity index (χ2n) is 7.72. The van der Waals surface area contributed by atoms with Crippen molar-refractivity contribution < 1.29 is 4.18 Å². The van der Waals surface area contributed by atoms with E-state index in [1.165, 1.54) is 12.2 Å². The maximum Gasteiger partial charge on any atom is 0.167 e. The van der Waals surface area contributed by atoms with Crippen LogP contribution in [0.1, 0.15) is 17.2 Å². The number of aromatic nitrogens is 5. The minimum Gasteiger partial charge on any atom is -0.407 e. The van der Waals surface area contributed by atoms with Gasteiger partial charge in [0, 0.05) is 38.5 Å². The number of anilines is 2. The highest BCUT2D eigenvalue weighted by atomic mass is 127. The summed E-state index contributed by atoms with van der Waals surface area (Å²) < 4.78 is 11.9. The van der Waals surface area contributed by atoms with Crippen LogP contribution in [-0.2, 0) is 7.05 Å². The lowest BCUT2D eigenvalue weighted by Gasteiger charge is -2.16. The predicted octanol–water partition coefficient (Wildman–Crippen LogP) is 6.45. The zero-order chi connectivity index (χ0) is 23.9.